The zero-order valence-electron chi connectivity index (χ0n) is 11.7. The van der Waals surface area contributed by atoms with Crippen LogP contribution in [0.5, 0.6) is 0 Å². The normalized spacial score (nSPS) is 27.3. The van der Waals surface area contributed by atoms with Gasteiger partial charge in [-0.1, -0.05) is 6.92 Å². The Morgan fingerprint density at radius 2 is 2.39 bits per heavy atom. The fourth-order valence-electron chi connectivity index (χ4n) is 2.45. The first-order valence-electron chi connectivity index (χ1n) is 6.98. The van der Waals surface area contributed by atoms with Crippen molar-refractivity contribution in [3.63, 3.8) is 0 Å². The van der Waals surface area contributed by atoms with E-state index >= 15 is 0 Å². The first kappa shape index (κ1) is 13.6. The minimum Gasteiger partial charge on any atom is -0.374 e. The van der Waals surface area contributed by atoms with Crippen LogP contribution in [-0.4, -0.2) is 28.0 Å². The number of hydrogen-bond donors (Lipinski definition) is 1. The van der Waals surface area contributed by atoms with Gasteiger partial charge in [-0.2, -0.15) is 5.10 Å². The van der Waals surface area contributed by atoms with E-state index in [1.54, 1.807) is 0 Å². The standard InChI is InChI=1S/C14H25N3O/c1-4-11(2)17-8-6-12(16-17)10-13(15)14(3)7-5-9-18-14/h6,8,11,13H,4-5,7,9-10,15H2,1-3H3. The molecule has 4 heteroatoms. The monoisotopic (exact) mass is 251 g/mol. The average Bonchev–Trinajstić information content (AvgIpc) is 2.98. The Bertz CT molecular complexity index is 382. The summed E-state index contributed by atoms with van der Waals surface area (Å²) in [4.78, 5) is 0. The predicted molar refractivity (Wildman–Crippen MR) is 72.5 cm³/mol. The second kappa shape index (κ2) is 5.41. The lowest BCUT2D eigenvalue weighted by Gasteiger charge is -2.29. The van der Waals surface area contributed by atoms with Crippen molar-refractivity contribution in [2.45, 2.75) is 64.1 Å². The van der Waals surface area contributed by atoms with Gasteiger partial charge in [0.25, 0.3) is 0 Å². The van der Waals surface area contributed by atoms with Crippen LogP contribution < -0.4 is 5.73 Å². The van der Waals surface area contributed by atoms with E-state index in [1.165, 1.54) is 0 Å². The van der Waals surface area contributed by atoms with Crippen LogP contribution in [0.25, 0.3) is 0 Å². The molecule has 1 aromatic rings. The summed E-state index contributed by atoms with van der Waals surface area (Å²) in [6.07, 6.45) is 6.10. The molecule has 2 rings (SSSR count). The Kier molecular flexibility index (Phi) is 4.07. The lowest BCUT2D eigenvalue weighted by Crippen LogP contribution is -2.46. The summed E-state index contributed by atoms with van der Waals surface area (Å²) in [5.41, 5.74) is 7.19. The summed E-state index contributed by atoms with van der Waals surface area (Å²) in [6, 6.07) is 2.55. The van der Waals surface area contributed by atoms with Crippen LogP contribution in [0.2, 0.25) is 0 Å². The van der Waals surface area contributed by atoms with Crippen molar-refractivity contribution < 1.29 is 4.74 Å². The maximum absolute atomic E-state index is 6.29. The van der Waals surface area contributed by atoms with Crippen molar-refractivity contribution in [3.8, 4) is 0 Å². The molecular weight excluding hydrogens is 226 g/mol. The molecule has 1 saturated heterocycles. The second-order valence-electron chi connectivity index (χ2n) is 5.62. The van der Waals surface area contributed by atoms with E-state index in [1.807, 2.05) is 10.9 Å². The zero-order chi connectivity index (χ0) is 13.2. The van der Waals surface area contributed by atoms with Crippen molar-refractivity contribution in [1.29, 1.82) is 0 Å². The molecule has 1 aromatic heterocycles. The average molecular weight is 251 g/mol. The number of rotatable bonds is 5. The first-order valence-corrected chi connectivity index (χ1v) is 6.98. The molecular formula is C14H25N3O. The van der Waals surface area contributed by atoms with Gasteiger partial charge in [-0.3, -0.25) is 4.68 Å². The molecule has 0 aliphatic carbocycles. The van der Waals surface area contributed by atoms with Gasteiger partial charge in [-0.05, 0) is 39.2 Å². The molecule has 0 bridgehead atoms. The summed E-state index contributed by atoms with van der Waals surface area (Å²) in [5, 5.41) is 4.60. The van der Waals surface area contributed by atoms with E-state index in [0.717, 1.165) is 38.0 Å². The van der Waals surface area contributed by atoms with E-state index in [4.69, 9.17) is 10.5 Å². The first-order chi connectivity index (χ1) is 8.55. The highest BCUT2D eigenvalue weighted by atomic mass is 16.5. The topological polar surface area (TPSA) is 53.1 Å². The summed E-state index contributed by atoms with van der Waals surface area (Å²) in [6.45, 7) is 7.31. The van der Waals surface area contributed by atoms with Gasteiger partial charge < -0.3 is 10.5 Å². The Morgan fingerprint density at radius 3 is 3.00 bits per heavy atom. The quantitative estimate of drug-likeness (QED) is 0.873. The van der Waals surface area contributed by atoms with Gasteiger partial charge in [0, 0.05) is 31.3 Å². The third-order valence-electron chi connectivity index (χ3n) is 4.17. The van der Waals surface area contributed by atoms with Crippen LogP contribution in [0.4, 0.5) is 0 Å². The molecule has 2 N–H and O–H groups in total. The Labute approximate surface area is 110 Å². The molecule has 1 aliphatic rings. The molecule has 18 heavy (non-hydrogen) atoms. The number of hydrogen-bond acceptors (Lipinski definition) is 3. The molecule has 0 aromatic carbocycles. The maximum Gasteiger partial charge on any atom is 0.0809 e. The van der Waals surface area contributed by atoms with E-state index < -0.39 is 0 Å². The smallest absolute Gasteiger partial charge is 0.0809 e. The van der Waals surface area contributed by atoms with Crippen LogP contribution >= 0.6 is 0 Å². The van der Waals surface area contributed by atoms with E-state index in [2.05, 4.69) is 31.9 Å². The second-order valence-corrected chi connectivity index (χ2v) is 5.62. The van der Waals surface area contributed by atoms with Crippen LogP contribution in [0, 0.1) is 0 Å². The summed E-state index contributed by atoms with van der Waals surface area (Å²) in [5.74, 6) is 0. The molecule has 3 unspecified atom stereocenters. The van der Waals surface area contributed by atoms with Gasteiger partial charge in [0.05, 0.1) is 11.3 Å². The van der Waals surface area contributed by atoms with E-state index in [9.17, 15) is 0 Å². The lowest BCUT2D eigenvalue weighted by molar-refractivity contribution is -0.00116. The Morgan fingerprint density at radius 1 is 1.61 bits per heavy atom. The molecule has 1 fully saturated rings. The van der Waals surface area contributed by atoms with Crippen molar-refractivity contribution in [1.82, 2.24) is 9.78 Å². The minimum absolute atomic E-state index is 0.0280. The van der Waals surface area contributed by atoms with Crippen molar-refractivity contribution in [2.24, 2.45) is 5.73 Å². The summed E-state index contributed by atoms with van der Waals surface area (Å²) >= 11 is 0. The highest BCUT2D eigenvalue weighted by Crippen LogP contribution is 2.29. The third-order valence-corrected chi connectivity index (χ3v) is 4.17. The molecule has 0 saturated carbocycles. The molecule has 4 nitrogen and oxygen atoms in total. The van der Waals surface area contributed by atoms with E-state index in [-0.39, 0.29) is 11.6 Å². The molecule has 0 amide bonds. The van der Waals surface area contributed by atoms with Crippen LogP contribution in [-0.2, 0) is 11.2 Å². The van der Waals surface area contributed by atoms with Crippen molar-refractivity contribution >= 4 is 0 Å². The zero-order valence-corrected chi connectivity index (χ0v) is 11.7. The molecule has 0 spiro atoms. The number of aromatic nitrogens is 2. The highest BCUT2D eigenvalue weighted by molar-refractivity contribution is 5.05. The van der Waals surface area contributed by atoms with Crippen molar-refractivity contribution in [2.75, 3.05) is 6.61 Å². The van der Waals surface area contributed by atoms with E-state index in [0.29, 0.717) is 6.04 Å². The lowest BCUT2D eigenvalue weighted by atomic mass is 9.90. The fraction of sp³-hybridized carbons (Fsp3) is 0.786. The van der Waals surface area contributed by atoms with Crippen LogP contribution in [0.3, 0.4) is 0 Å². The number of ether oxygens (including phenoxy) is 1. The highest BCUT2D eigenvalue weighted by Gasteiger charge is 2.36. The van der Waals surface area contributed by atoms with Crippen LogP contribution in [0.15, 0.2) is 12.3 Å². The third kappa shape index (κ3) is 2.75. The molecule has 3 atom stereocenters. The molecule has 0 radical (unpaired) electrons. The largest absolute Gasteiger partial charge is 0.374 e. The summed E-state index contributed by atoms with van der Waals surface area (Å²) in [7, 11) is 0. The van der Waals surface area contributed by atoms with Crippen LogP contribution in [0.1, 0.15) is 51.8 Å². The van der Waals surface area contributed by atoms with Gasteiger partial charge in [0.2, 0.25) is 0 Å². The van der Waals surface area contributed by atoms with Gasteiger partial charge in [-0.15, -0.1) is 0 Å². The Hall–Kier alpha value is -0.870. The number of nitrogens with two attached hydrogens (primary N) is 1. The summed E-state index contributed by atoms with van der Waals surface area (Å²) < 4.78 is 7.82. The maximum atomic E-state index is 6.29. The van der Waals surface area contributed by atoms with Gasteiger partial charge >= 0.3 is 0 Å². The SMILES string of the molecule is CCC(C)n1ccc(CC(N)C2(C)CCCO2)n1. The predicted octanol–water partition coefficient (Wildman–Crippen LogP) is 2.29. The molecule has 102 valence electrons. The number of nitrogens with zero attached hydrogens (tertiary/aromatic N) is 2. The van der Waals surface area contributed by atoms with Gasteiger partial charge in [0.15, 0.2) is 0 Å². The molecule has 2 heterocycles. The molecule has 1 aliphatic heterocycles. The van der Waals surface area contributed by atoms with Gasteiger partial charge in [0.1, 0.15) is 0 Å². The van der Waals surface area contributed by atoms with Crippen molar-refractivity contribution in [3.05, 3.63) is 18.0 Å². The van der Waals surface area contributed by atoms with Gasteiger partial charge in [-0.25, -0.2) is 0 Å². The fourth-order valence-corrected chi connectivity index (χ4v) is 2.45. The Balaban J connectivity index is 1.98. The minimum atomic E-state index is -0.167.